The van der Waals surface area contributed by atoms with Gasteiger partial charge in [-0.25, -0.2) is 4.98 Å². The highest BCUT2D eigenvalue weighted by atomic mass is 16.3. The van der Waals surface area contributed by atoms with Crippen molar-refractivity contribution in [1.82, 2.24) is 4.98 Å². The molecule has 1 heterocycles. The van der Waals surface area contributed by atoms with Crippen molar-refractivity contribution in [2.75, 3.05) is 4.90 Å². The number of nitrogens with zero attached hydrogens (tertiary/aromatic N) is 2. The summed E-state index contributed by atoms with van der Waals surface area (Å²) in [4.78, 5) is 7.33. The third-order valence-corrected chi connectivity index (χ3v) is 11.7. The molecule has 0 saturated heterocycles. The van der Waals surface area contributed by atoms with Gasteiger partial charge in [-0.05, 0) is 110 Å². The molecule has 11 rings (SSSR count). The average Bonchev–Trinajstić information content (AvgIpc) is 3.78. The highest BCUT2D eigenvalue weighted by Gasteiger charge is 2.35. The van der Waals surface area contributed by atoms with Gasteiger partial charge >= 0.3 is 0 Å². The summed E-state index contributed by atoms with van der Waals surface area (Å²) in [5.74, 6) is 0.636. The third-order valence-electron chi connectivity index (χ3n) is 11.7. The highest BCUT2D eigenvalue weighted by Crippen LogP contribution is 2.51. The molecule has 0 radical (unpaired) electrons. The maximum absolute atomic E-state index is 6.60. The Bertz CT molecular complexity index is 3110. The molecule has 9 aromatic carbocycles. The van der Waals surface area contributed by atoms with Crippen molar-refractivity contribution in [3.8, 4) is 33.7 Å². The fraction of sp³-hybridized carbons (Fsp3) is 0.0577. The molecule has 0 spiro atoms. The number of hydrogen-bond donors (Lipinski definition) is 0. The van der Waals surface area contributed by atoms with E-state index in [1.165, 1.54) is 49.5 Å². The highest BCUT2D eigenvalue weighted by molar-refractivity contribution is 6.26. The van der Waals surface area contributed by atoms with Crippen molar-refractivity contribution in [2.45, 2.75) is 19.3 Å². The standard InChI is InChI=1S/C52H36N2O/c1-52(2)45-16-10-9-15-43(45)44-29-27-41(32-46(44)52)54(39-24-21-34(22-25-39)33-11-5-3-6-12-33)40-26-28-42-38(31-40)20-19-35-17-18-36-23-30-47-50(49(36)48(35)42)55-51(53-47)37-13-7-4-8-14-37/h3-32H,1-2H3. The van der Waals surface area contributed by atoms with Crippen molar-refractivity contribution in [1.29, 1.82) is 0 Å². The molecule has 10 aromatic rings. The molecule has 0 unspecified atom stereocenters. The molecule has 1 aliphatic carbocycles. The molecule has 1 aromatic heterocycles. The van der Waals surface area contributed by atoms with Crippen molar-refractivity contribution in [2.24, 2.45) is 0 Å². The molecule has 0 saturated carbocycles. The molecule has 55 heavy (non-hydrogen) atoms. The molecule has 3 nitrogen and oxygen atoms in total. The van der Waals surface area contributed by atoms with Gasteiger partial charge in [0.15, 0.2) is 5.58 Å². The first-order chi connectivity index (χ1) is 27.0. The first-order valence-corrected chi connectivity index (χ1v) is 19.0. The molecule has 3 heteroatoms. The van der Waals surface area contributed by atoms with Crippen LogP contribution in [0.5, 0.6) is 0 Å². The Balaban J connectivity index is 1.10. The number of benzene rings is 9. The fourth-order valence-corrected chi connectivity index (χ4v) is 8.89. The maximum atomic E-state index is 6.60. The van der Waals surface area contributed by atoms with Crippen LogP contribution in [-0.4, -0.2) is 4.98 Å². The van der Waals surface area contributed by atoms with E-state index in [1.807, 2.05) is 30.3 Å². The van der Waals surface area contributed by atoms with E-state index in [0.717, 1.165) is 49.9 Å². The minimum absolute atomic E-state index is 0.111. The number of aromatic nitrogens is 1. The van der Waals surface area contributed by atoms with E-state index in [2.05, 4.69) is 170 Å². The zero-order valence-corrected chi connectivity index (χ0v) is 30.6. The van der Waals surface area contributed by atoms with Crippen LogP contribution in [0.2, 0.25) is 0 Å². The molecular weight excluding hydrogens is 669 g/mol. The van der Waals surface area contributed by atoms with Gasteiger partial charge in [-0.1, -0.05) is 141 Å². The van der Waals surface area contributed by atoms with Gasteiger partial charge in [0.1, 0.15) is 5.52 Å². The van der Waals surface area contributed by atoms with Gasteiger partial charge in [-0.2, -0.15) is 0 Å². The summed E-state index contributed by atoms with van der Waals surface area (Å²) < 4.78 is 6.60. The summed E-state index contributed by atoms with van der Waals surface area (Å²) in [6.07, 6.45) is 0. The largest absolute Gasteiger partial charge is 0.435 e. The zero-order valence-electron chi connectivity index (χ0n) is 30.6. The quantitative estimate of drug-likeness (QED) is 0.167. The van der Waals surface area contributed by atoms with Crippen LogP contribution in [0, 0.1) is 0 Å². The normalized spacial score (nSPS) is 13.1. The van der Waals surface area contributed by atoms with Crippen molar-refractivity contribution in [3.63, 3.8) is 0 Å². The summed E-state index contributed by atoms with van der Waals surface area (Å²) in [6, 6.07) is 65.6. The van der Waals surface area contributed by atoms with E-state index in [0.29, 0.717) is 5.89 Å². The van der Waals surface area contributed by atoms with E-state index < -0.39 is 0 Å². The monoisotopic (exact) mass is 704 g/mol. The molecule has 0 bridgehead atoms. The fourth-order valence-electron chi connectivity index (χ4n) is 8.89. The average molecular weight is 705 g/mol. The van der Waals surface area contributed by atoms with Crippen LogP contribution in [0.1, 0.15) is 25.0 Å². The second-order valence-corrected chi connectivity index (χ2v) is 15.2. The van der Waals surface area contributed by atoms with Gasteiger partial charge in [0.2, 0.25) is 5.89 Å². The molecule has 0 fully saturated rings. The lowest BCUT2D eigenvalue weighted by atomic mass is 9.82. The third kappa shape index (κ3) is 4.93. The minimum Gasteiger partial charge on any atom is -0.435 e. The SMILES string of the molecule is CC1(C)c2ccccc2-c2ccc(N(c3ccc(-c4ccccc4)cc3)c3ccc4c(ccc5ccc6ccc7nc(-c8ccccc8)oc7c6c54)c3)cc21. The number of anilines is 3. The Morgan fingerprint density at radius 3 is 1.82 bits per heavy atom. The minimum atomic E-state index is -0.111. The van der Waals surface area contributed by atoms with Crippen LogP contribution in [-0.2, 0) is 5.41 Å². The van der Waals surface area contributed by atoms with Crippen molar-refractivity contribution in [3.05, 3.63) is 193 Å². The van der Waals surface area contributed by atoms with Gasteiger partial charge in [0.05, 0.1) is 0 Å². The van der Waals surface area contributed by atoms with Crippen LogP contribution in [0.3, 0.4) is 0 Å². The van der Waals surface area contributed by atoms with E-state index in [-0.39, 0.29) is 5.41 Å². The molecular formula is C52H36N2O. The molecule has 0 amide bonds. The number of fused-ring (bicyclic) bond motifs is 10. The molecule has 260 valence electrons. The Labute approximate surface area is 319 Å². The lowest BCUT2D eigenvalue weighted by Crippen LogP contribution is -2.16. The van der Waals surface area contributed by atoms with Crippen LogP contribution in [0.15, 0.2) is 186 Å². The predicted molar refractivity (Wildman–Crippen MR) is 230 cm³/mol. The summed E-state index contributed by atoms with van der Waals surface area (Å²) >= 11 is 0. The topological polar surface area (TPSA) is 29.3 Å². The van der Waals surface area contributed by atoms with Crippen molar-refractivity contribution >= 4 is 60.5 Å². The van der Waals surface area contributed by atoms with Gasteiger partial charge < -0.3 is 9.32 Å². The van der Waals surface area contributed by atoms with Gasteiger partial charge in [-0.3, -0.25) is 0 Å². The van der Waals surface area contributed by atoms with E-state index in [1.54, 1.807) is 0 Å². The van der Waals surface area contributed by atoms with Crippen LogP contribution < -0.4 is 4.90 Å². The number of rotatable bonds is 5. The smallest absolute Gasteiger partial charge is 0.227 e. The lowest BCUT2D eigenvalue weighted by molar-refractivity contribution is 0.623. The zero-order chi connectivity index (χ0) is 36.7. The Morgan fingerprint density at radius 1 is 0.455 bits per heavy atom. The maximum Gasteiger partial charge on any atom is 0.227 e. The molecule has 0 atom stereocenters. The van der Waals surface area contributed by atoms with Gasteiger partial charge in [0.25, 0.3) is 0 Å². The Hall–Kier alpha value is -6.97. The van der Waals surface area contributed by atoms with Crippen LogP contribution in [0.4, 0.5) is 17.1 Å². The van der Waals surface area contributed by atoms with Crippen LogP contribution >= 0.6 is 0 Å². The van der Waals surface area contributed by atoms with E-state index >= 15 is 0 Å². The van der Waals surface area contributed by atoms with E-state index in [4.69, 9.17) is 9.40 Å². The van der Waals surface area contributed by atoms with Gasteiger partial charge in [0, 0.05) is 38.8 Å². The van der Waals surface area contributed by atoms with E-state index in [9.17, 15) is 0 Å². The first-order valence-electron chi connectivity index (χ1n) is 19.0. The second kappa shape index (κ2) is 12.0. The first kappa shape index (κ1) is 31.5. The molecule has 0 aliphatic heterocycles. The van der Waals surface area contributed by atoms with Gasteiger partial charge in [-0.15, -0.1) is 0 Å². The Kier molecular flexibility index (Phi) is 6.90. The number of oxazole rings is 1. The lowest BCUT2D eigenvalue weighted by Gasteiger charge is -2.28. The summed E-state index contributed by atoms with van der Waals surface area (Å²) in [6.45, 7) is 4.69. The second-order valence-electron chi connectivity index (χ2n) is 15.2. The summed E-state index contributed by atoms with van der Waals surface area (Å²) in [5, 5.41) is 6.93. The van der Waals surface area contributed by atoms with Crippen LogP contribution in [0.25, 0.3) is 77.1 Å². The summed E-state index contributed by atoms with van der Waals surface area (Å²) in [7, 11) is 0. The summed E-state index contributed by atoms with van der Waals surface area (Å²) in [5.41, 5.74) is 13.7. The molecule has 0 N–H and O–H groups in total. The Morgan fingerprint density at radius 2 is 1.04 bits per heavy atom. The predicted octanol–water partition coefficient (Wildman–Crippen LogP) is 14.4. The number of hydrogen-bond acceptors (Lipinski definition) is 3. The molecule has 1 aliphatic rings. The van der Waals surface area contributed by atoms with Crippen molar-refractivity contribution < 1.29 is 4.42 Å².